The zero-order valence-corrected chi connectivity index (χ0v) is 16.1. The van der Waals surface area contributed by atoms with Gasteiger partial charge < -0.3 is 24.8 Å². The van der Waals surface area contributed by atoms with Crippen LogP contribution in [0, 0.1) is 0 Å². The van der Waals surface area contributed by atoms with Crippen molar-refractivity contribution in [2.45, 2.75) is 13.5 Å². The van der Waals surface area contributed by atoms with Crippen molar-refractivity contribution in [2.24, 2.45) is 0 Å². The number of ether oxygens (including phenoxy) is 1. The minimum Gasteiger partial charge on any atom is -0.494 e. The Morgan fingerprint density at radius 3 is 2.68 bits per heavy atom. The van der Waals surface area contributed by atoms with Crippen LogP contribution in [-0.2, 0) is 6.54 Å². The molecule has 0 saturated carbocycles. The molecule has 25 heavy (non-hydrogen) atoms. The molecule has 2 rings (SSSR count). The number of likely N-dealkylation sites (N-methyl/N-ethyl adjacent to an activating group) is 1. The summed E-state index contributed by atoms with van der Waals surface area (Å²) in [5, 5.41) is 4.57. The van der Waals surface area contributed by atoms with E-state index in [0.29, 0.717) is 23.8 Å². The monoisotopic (exact) mass is 362 g/mol. The van der Waals surface area contributed by atoms with E-state index >= 15 is 0 Å². The number of pyridine rings is 1. The maximum atomic E-state index is 12.4. The number of nitrogens with one attached hydrogen (secondary N) is 2. The minimum atomic E-state index is -0.0922. The number of aromatic nitrogens is 1. The number of hydrogen-bond donors (Lipinski definition) is 2. The normalized spacial score (nSPS) is 10.9. The lowest BCUT2D eigenvalue weighted by Crippen LogP contribution is -2.42. The Kier molecular flexibility index (Phi) is 6.78. The van der Waals surface area contributed by atoms with Gasteiger partial charge in [-0.25, -0.2) is 0 Å². The van der Waals surface area contributed by atoms with E-state index in [-0.39, 0.29) is 5.56 Å². The largest absolute Gasteiger partial charge is 0.494 e. The van der Waals surface area contributed by atoms with Gasteiger partial charge in [-0.2, -0.15) is 0 Å². The summed E-state index contributed by atoms with van der Waals surface area (Å²) in [6.45, 7) is 4.60. The summed E-state index contributed by atoms with van der Waals surface area (Å²) in [5.74, 6) is 0.795. The first-order valence-corrected chi connectivity index (χ1v) is 8.75. The lowest BCUT2D eigenvalue weighted by atomic mass is 10.1. The van der Waals surface area contributed by atoms with E-state index in [1.54, 1.807) is 7.05 Å². The summed E-state index contributed by atoms with van der Waals surface area (Å²) in [6, 6.07) is 7.59. The summed E-state index contributed by atoms with van der Waals surface area (Å²) in [6.07, 6.45) is 0. The first kappa shape index (κ1) is 19.2. The van der Waals surface area contributed by atoms with Gasteiger partial charge >= 0.3 is 0 Å². The number of nitrogens with zero attached hydrogens (tertiary/aromatic N) is 2. The Bertz CT molecular complexity index is 788. The van der Waals surface area contributed by atoms with Gasteiger partial charge in [0.05, 0.1) is 13.2 Å². The molecular formula is C18H26N4O2S. The quantitative estimate of drug-likeness (QED) is 0.733. The van der Waals surface area contributed by atoms with Crippen LogP contribution in [0.5, 0.6) is 5.75 Å². The van der Waals surface area contributed by atoms with Crippen LogP contribution in [0.25, 0.3) is 10.9 Å². The smallest absolute Gasteiger partial charge is 0.253 e. The van der Waals surface area contributed by atoms with Crippen molar-refractivity contribution in [2.75, 3.05) is 40.8 Å². The van der Waals surface area contributed by atoms with Gasteiger partial charge in [0.2, 0.25) is 0 Å². The molecule has 0 unspecified atom stereocenters. The maximum Gasteiger partial charge on any atom is 0.253 e. The molecule has 0 spiro atoms. The highest BCUT2D eigenvalue weighted by Gasteiger charge is 2.13. The van der Waals surface area contributed by atoms with E-state index in [1.807, 2.05) is 50.2 Å². The van der Waals surface area contributed by atoms with E-state index in [0.717, 1.165) is 29.7 Å². The van der Waals surface area contributed by atoms with Gasteiger partial charge in [-0.1, -0.05) is 0 Å². The standard InChI is InChI=1S/C18H26N4O2S/c1-5-24-15-6-7-16-13(11-15)10-14(17(23)20-16)12-22(18(25)19-2)9-8-21(3)4/h6-7,10-11H,5,8-9,12H2,1-4H3,(H,19,25)(H,20,23). The lowest BCUT2D eigenvalue weighted by Gasteiger charge is -2.26. The topological polar surface area (TPSA) is 60.6 Å². The summed E-state index contributed by atoms with van der Waals surface area (Å²) >= 11 is 5.39. The van der Waals surface area contributed by atoms with Crippen molar-refractivity contribution in [3.05, 3.63) is 40.2 Å². The molecule has 0 bridgehead atoms. The molecule has 1 aromatic carbocycles. The van der Waals surface area contributed by atoms with Crippen molar-refractivity contribution in [3.8, 4) is 5.75 Å². The second-order valence-electron chi connectivity index (χ2n) is 6.09. The van der Waals surface area contributed by atoms with E-state index < -0.39 is 0 Å². The average Bonchev–Trinajstić information content (AvgIpc) is 2.58. The molecule has 0 amide bonds. The molecule has 0 aliphatic carbocycles. The average molecular weight is 362 g/mol. The molecule has 6 nitrogen and oxygen atoms in total. The summed E-state index contributed by atoms with van der Waals surface area (Å²) < 4.78 is 5.55. The van der Waals surface area contributed by atoms with Gasteiger partial charge in [-0.15, -0.1) is 0 Å². The van der Waals surface area contributed by atoms with Gasteiger partial charge in [0, 0.05) is 36.6 Å². The molecule has 0 aliphatic heterocycles. The van der Waals surface area contributed by atoms with Crippen LogP contribution in [0.1, 0.15) is 12.5 Å². The van der Waals surface area contributed by atoms with Gasteiger partial charge in [0.25, 0.3) is 5.56 Å². The van der Waals surface area contributed by atoms with Crippen molar-refractivity contribution >= 4 is 28.2 Å². The second-order valence-corrected chi connectivity index (χ2v) is 6.47. The molecule has 136 valence electrons. The van der Waals surface area contributed by atoms with Gasteiger partial charge in [-0.05, 0) is 57.5 Å². The highest BCUT2D eigenvalue weighted by atomic mass is 32.1. The zero-order valence-electron chi connectivity index (χ0n) is 15.3. The fraction of sp³-hybridized carbons (Fsp3) is 0.444. The summed E-state index contributed by atoms with van der Waals surface area (Å²) in [7, 11) is 5.82. The number of H-pyrrole nitrogens is 1. The molecule has 1 heterocycles. The number of fused-ring (bicyclic) bond motifs is 1. The number of thiocarbonyl (C=S) groups is 1. The van der Waals surface area contributed by atoms with Crippen LogP contribution >= 0.6 is 12.2 Å². The van der Waals surface area contributed by atoms with Crippen LogP contribution in [0.2, 0.25) is 0 Å². The zero-order chi connectivity index (χ0) is 18.4. The molecule has 1 aromatic heterocycles. The molecule has 0 atom stereocenters. The van der Waals surface area contributed by atoms with E-state index in [9.17, 15) is 4.79 Å². The predicted octanol–water partition coefficient (Wildman–Crippen LogP) is 1.79. The van der Waals surface area contributed by atoms with Gasteiger partial charge in [0.15, 0.2) is 5.11 Å². The third kappa shape index (κ3) is 5.17. The predicted molar refractivity (Wildman–Crippen MR) is 106 cm³/mol. The Hall–Kier alpha value is -2.12. The number of aromatic amines is 1. The fourth-order valence-corrected chi connectivity index (χ4v) is 2.70. The second kappa shape index (κ2) is 8.82. The van der Waals surface area contributed by atoms with E-state index in [2.05, 4.69) is 15.2 Å². The Balaban J connectivity index is 2.31. The molecule has 0 saturated heterocycles. The van der Waals surface area contributed by atoms with Crippen molar-refractivity contribution in [3.63, 3.8) is 0 Å². The van der Waals surface area contributed by atoms with Gasteiger partial charge in [-0.3, -0.25) is 4.79 Å². The highest BCUT2D eigenvalue weighted by molar-refractivity contribution is 7.80. The maximum absolute atomic E-state index is 12.4. The molecule has 2 aromatic rings. The van der Waals surface area contributed by atoms with Gasteiger partial charge in [0.1, 0.15) is 5.75 Å². The first-order chi connectivity index (χ1) is 11.9. The van der Waals surface area contributed by atoms with Crippen LogP contribution in [0.4, 0.5) is 0 Å². The molecule has 2 N–H and O–H groups in total. The Morgan fingerprint density at radius 1 is 1.28 bits per heavy atom. The highest BCUT2D eigenvalue weighted by Crippen LogP contribution is 2.19. The van der Waals surface area contributed by atoms with E-state index in [4.69, 9.17) is 17.0 Å². The van der Waals surface area contributed by atoms with Crippen LogP contribution in [-0.4, -0.2) is 60.7 Å². The Labute approximate surface area is 153 Å². The molecule has 7 heteroatoms. The lowest BCUT2D eigenvalue weighted by molar-refractivity contribution is 0.323. The molecule has 0 aliphatic rings. The van der Waals surface area contributed by atoms with Crippen molar-refractivity contribution < 1.29 is 4.74 Å². The van der Waals surface area contributed by atoms with Crippen LogP contribution in [0.3, 0.4) is 0 Å². The SMILES string of the molecule is CCOc1ccc2[nH]c(=O)c(CN(CCN(C)C)C(=S)NC)cc2c1. The Morgan fingerprint density at radius 2 is 2.04 bits per heavy atom. The van der Waals surface area contributed by atoms with Crippen molar-refractivity contribution in [1.82, 2.24) is 20.1 Å². The minimum absolute atomic E-state index is 0.0922. The van der Waals surface area contributed by atoms with Crippen LogP contribution in [0.15, 0.2) is 29.1 Å². The molecule has 0 radical (unpaired) electrons. The summed E-state index contributed by atoms with van der Waals surface area (Å²) in [4.78, 5) is 19.5. The van der Waals surface area contributed by atoms with Crippen LogP contribution < -0.4 is 15.6 Å². The third-order valence-corrected chi connectivity index (χ3v) is 4.35. The van der Waals surface area contributed by atoms with E-state index in [1.165, 1.54) is 0 Å². The number of benzene rings is 1. The summed E-state index contributed by atoms with van der Waals surface area (Å²) in [5.41, 5.74) is 1.39. The third-order valence-electron chi connectivity index (χ3n) is 3.88. The number of rotatable bonds is 7. The molecule has 0 fully saturated rings. The number of hydrogen-bond acceptors (Lipinski definition) is 4. The van der Waals surface area contributed by atoms with Crippen molar-refractivity contribution in [1.29, 1.82) is 0 Å². The molecular weight excluding hydrogens is 336 g/mol. The first-order valence-electron chi connectivity index (χ1n) is 8.34. The fourth-order valence-electron chi connectivity index (χ4n) is 2.54.